The highest BCUT2D eigenvalue weighted by molar-refractivity contribution is 4.94. The van der Waals surface area contributed by atoms with E-state index in [1.165, 1.54) is 25.9 Å². The maximum absolute atomic E-state index is 3.38. The van der Waals surface area contributed by atoms with E-state index < -0.39 is 0 Å². The first-order valence-corrected chi connectivity index (χ1v) is 3.43. The zero-order chi connectivity index (χ0) is 5.40. The van der Waals surface area contributed by atoms with Gasteiger partial charge in [-0.2, -0.15) is 0 Å². The van der Waals surface area contributed by atoms with Crippen LogP contribution < -0.4 is 10.6 Å². The third kappa shape index (κ3) is 0.565. The molecule has 0 aromatic rings. The molecule has 46 valence electrons. The summed E-state index contributed by atoms with van der Waals surface area (Å²) in [6.07, 6.45) is 2.77. The maximum atomic E-state index is 3.38. The van der Waals surface area contributed by atoms with Gasteiger partial charge in [-0.25, -0.2) is 0 Å². The van der Waals surface area contributed by atoms with Gasteiger partial charge in [0.1, 0.15) is 0 Å². The maximum Gasteiger partial charge on any atom is 0.0233 e. The minimum atomic E-state index is 0.823. The molecule has 2 aliphatic rings. The highest BCUT2D eigenvalue weighted by atomic mass is 15.1. The summed E-state index contributed by atoms with van der Waals surface area (Å²) in [6.45, 7) is 2.48. The van der Waals surface area contributed by atoms with Gasteiger partial charge in [0.15, 0.2) is 0 Å². The Morgan fingerprint density at radius 1 is 0.875 bits per heavy atom. The van der Waals surface area contributed by atoms with Crippen LogP contribution >= 0.6 is 0 Å². The van der Waals surface area contributed by atoms with Crippen LogP contribution in [0.3, 0.4) is 0 Å². The van der Waals surface area contributed by atoms with Crippen LogP contribution in [0.4, 0.5) is 0 Å². The number of hydrogen-bond donors (Lipinski definition) is 2. The SMILES string of the molecule is C1CC(C2CCN2)N1. The fourth-order valence-corrected chi connectivity index (χ4v) is 1.31. The van der Waals surface area contributed by atoms with Crippen molar-refractivity contribution in [3.8, 4) is 0 Å². The lowest BCUT2D eigenvalue weighted by molar-refractivity contribution is 0.218. The van der Waals surface area contributed by atoms with E-state index in [2.05, 4.69) is 10.6 Å². The van der Waals surface area contributed by atoms with Crippen molar-refractivity contribution >= 4 is 0 Å². The van der Waals surface area contributed by atoms with E-state index in [0.717, 1.165) is 12.1 Å². The van der Waals surface area contributed by atoms with Gasteiger partial charge < -0.3 is 10.6 Å². The predicted octanol–water partition coefficient (Wildman–Crippen LogP) is -0.290. The molecule has 2 aliphatic heterocycles. The molecule has 0 aliphatic carbocycles. The molecule has 0 aromatic heterocycles. The average Bonchev–Trinajstić information content (AvgIpc) is 1.47. The Bertz CT molecular complexity index is 72.5. The van der Waals surface area contributed by atoms with Gasteiger partial charge in [0.2, 0.25) is 0 Å². The average molecular weight is 112 g/mol. The number of hydrogen-bond acceptors (Lipinski definition) is 2. The Kier molecular flexibility index (Phi) is 1.02. The second-order valence-electron chi connectivity index (χ2n) is 2.70. The van der Waals surface area contributed by atoms with Crippen LogP contribution in [0.2, 0.25) is 0 Å². The highest BCUT2D eigenvalue weighted by Crippen LogP contribution is 2.14. The lowest BCUT2D eigenvalue weighted by Crippen LogP contribution is -2.61. The molecule has 0 bridgehead atoms. The largest absolute Gasteiger partial charge is 0.312 e. The summed E-state index contributed by atoms with van der Waals surface area (Å²) in [6, 6.07) is 1.65. The monoisotopic (exact) mass is 112 g/mol. The van der Waals surface area contributed by atoms with Crippen LogP contribution in [0.25, 0.3) is 0 Å². The highest BCUT2D eigenvalue weighted by Gasteiger charge is 2.29. The predicted molar refractivity (Wildman–Crippen MR) is 32.8 cm³/mol. The quantitative estimate of drug-likeness (QED) is 0.487. The summed E-state index contributed by atoms with van der Waals surface area (Å²) in [5, 5.41) is 6.77. The van der Waals surface area contributed by atoms with Crippen LogP contribution in [0, 0.1) is 0 Å². The first kappa shape index (κ1) is 4.77. The van der Waals surface area contributed by atoms with E-state index >= 15 is 0 Å². The molecule has 2 nitrogen and oxygen atoms in total. The normalized spacial score (nSPS) is 45.0. The first-order chi connectivity index (χ1) is 3.97. The van der Waals surface area contributed by atoms with Crippen LogP contribution in [0.1, 0.15) is 12.8 Å². The molecule has 2 rings (SSSR count). The van der Waals surface area contributed by atoms with Gasteiger partial charge in [-0.1, -0.05) is 0 Å². The third-order valence-corrected chi connectivity index (χ3v) is 2.21. The van der Waals surface area contributed by atoms with Crippen LogP contribution in [0.5, 0.6) is 0 Å². The molecule has 2 heteroatoms. The lowest BCUT2D eigenvalue weighted by Gasteiger charge is -2.41. The van der Waals surface area contributed by atoms with E-state index in [1.54, 1.807) is 0 Å². The minimum absolute atomic E-state index is 0.823. The van der Waals surface area contributed by atoms with Gasteiger partial charge in [-0.05, 0) is 25.9 Å². The van der Waals surface area contributed by atoms with E-state index in [0.29, 0.717) is 0 Å². The zero-order valence-corrected chi connectivity index (χ0v) is 4.98. The Morgan fingerprint density at radius 3 is 1.38 bits per heavy atom. The zero-order valence-electron chi connectivity index (χ0n) is 4.98. The Hall–Kier alpha value is -0.0800. The summed E-state index contributed by atoms with van der Waals surface area (Å²) in [5.41, 5.74) is 0. The van der Waals surface area contributed by atoms with E-state index in [-0.39, 0.29) is 0 Å². The van der Waals surface area contributed by atoms with Crippen molar-refractivity contribution in [2.45, 2.75) is 24.9 Å². The van der Waals surface area contributed by atoms with Crippen molar-refractivity contribution in [1.29, 1.82) is 0 Å². The van der Waals surface area contributed by atoms with Crippen molar-refractivity contribution in [1.82, 2.24) is 10.6 Å². The molecule has 0 spiro atoms. The van der Waals surface area contributed by atoms with Gasteiger partial charge in [0, 0.05) is 12.1 Å². The van der Waals surface area contributed by atoms with E-state index in [4.69, 9.17) is 0 Å². The van der Waals surface area contributed by atoms with Crippen molar-refractivity contribution in [2.24, 2.45) is 0 Å². The van der Waals surface area contributed by atoms with Gasteiger partial charge in [0.25, 0.3) is 0 Å². The second kappa shape index (κ2) is 1.71. The van der Waals surface area contributed by atoms with E-state index in [9.17, 15) is 0 Å². The van der Waals surface area contributed by atoms with Crippen LogP contribution in [-0.2, 0) is 0 Å². The second-order valence-corrected chi connectivity index (χ2v) is 2.70. The molecule has 0 amide bonds. The van der Waals surface area contributed by atoms with E-state index in [1.807, 2.05) is 0 Å². The molecule has 2 N–H and O–H groups in total. The molecule has 2 unspecified atom stereocenters. The Balaban J connectivity index is 1.79. The Morgan fingerprint density at radius 2 is 1.25 bits per heavy atom. The molecule has 0 aromatic carbocycles. The molecule has 2 fully saturated rings. The summed E-state index contributed by atoms with van der Waals surface area (Å²) in [4.78, 5) is 0. The lowest BCUT2D eigenvalue weighted by atomic mass is 9.91. The van der Waals surface area contributed by atoms with Gasteiger partial charge in [-0.15, -0.1) is 0 Å². The summed E-state index contributed by atoms with van der Waals surface area (Å²) in [7, 11) is 0. The van der Waals surface area contributed by atoms with Gasteiger partial charge >= 0.3 is 0 Å². The molecular weight excluding hydrogens is 100 g/mol. The number of nitrogens with one attached hydrogen (secondary N) is 2. The fourth-order valence-electron chi connectivity index (χ4n) is 1.31. The van der Waals surface area contributed by atoms with Crippen LogP contribution in [0.15, 0.2) is 0 Å². The molecule has 2 atom stereocenters. The molecule has 0 radical (unpaired) electrons. The van der Waals surface area contributed by atoms with Crippen molar-refractivity contribution in [2.75, 3.05) is 13.1 Å². The molecule has 2 heterocycles. The first-order valence-electron chi connectivity index (χ1n) is 3.43. The summed E-state index contributed by atoms with van der Waals surface area (Å²) in [5.74, 6) is 0. The topological polar surface area (TPSA) is 24.1 Å². The van der Waals surface area contributed by atoms with Crippen molar-refractivity contribution in [3.63, 3.8) is 0 Å². The molecular formula is C6H12N2. The Labute approximate surface area is 49.7 Å². The molecule has 8 heavy (non-hydrogen) atoms. The third-order valence-electron chi connectivity index (χ3n) is 2.21. The van der Waals surface area contributed by atoms with Crippen molar-refractivity contribution in [3.05, 3.63) is 0 Å². The standard InChI is InChI=1S/C6H12N2/c1-3-7-5(1)6-2-4-8-6/h5-8H,1-4H2. The van der Waals surface area contributed by atoms with Crippen LogP contribution in [-0.4, -0.2) is 25.2 Å². The molecule has 0 saturated carbocycles. The van der Waals surface area contributed by atoms with Gasteiger partial charge in [-0.3, -0.25) is 0 Å². The summed E-state index contributed by atoms with van der Waals surface area (Å²) >= 11 is 0. The van der Waals surface area contributed by atoms with Gasteiger partial charge in [0.05, 0.1) is 0 Å². The molecule has 2 saturated heterocycles. The fraction of sp³-hybridized carbons (Fsp3) is 1.00. The smallest absolute Gasteiger partial charge is 0.0233 e. The summed E-state index contributed by atoms with van der Waals surface area (Å²) < 4.78 is 0. The van der Waals surface area contributed by atoms with Crippen molar-refractivity contribution < 1.29 is 0 Å². The number of rotatable bonds is 1. The minimum Gasteiger partial charge on any atom is -0.312 e.